The Morgan fingerprint density at radius 1 is 0.557 bits per heavy atom. The summed E-state index contributed by atoms with van der Waals surface area (Å²) in [6, 6.07) is -6.85. The Kier molecular flexibility index (Phi) is 58.1. The summed E-state index contributed by atoms with van der Waals surface area (Å²) >= 11 is 7.70. The molecule has 40 N–H and O–H groups in total. The minimum atomic E-state index is -1.65. The van der Waals surface area contributed by atoms with E-state index in [4.69, 9.17) is 168 Å². The van der Waals surface area contributed by atoms with Gasteiger partial charge >= 0.3 is 33.5 Å². The van der Waals surface area contributed by atoms with Crippen LogP contribution in [-0.2, 0) is 36.5 Å². The highest BCUT2D eigenvalue weighted by Crippen LogP contribution is 2.19. The number of urea groups is 1. The molecular weight excluding hydrogens is 1890 g/mol. The third kappa shape index (κ3) is 45.9. The number of aryl methyl sites for hydroxylation is 1. The molecule has 1 fully saturated rings. The number of nitrogens with one attached hydrogen (secondary N) is 14. The number of nitrogens with two attached hydrogens (primary N) is 12. The van der Waals surface area contributed by atoms with Crippen molar-refractivity contribution >= 4 is 71.2 Å². The molecule has 9 aromatic heterocycles. The van der Waals surface area contributed by atoms with Crippen LogP contribution in [0.3, 0.4) is 0 Å². The Labute approximate surface area is 807 Å². The molecule has 14 unspecified atom stereocenters. The van der Waals surface area contributed by atoms with Gasteiger partial charge in [-0.05, 0) is 36.6 Å². The Balaban J connectivity index is 0.000000764. The molecule has 11 heterocycles. The van der Waals surface area contributed by atoms with Crippen molar-refractivity contribution in [3.05, 3.63) is 144 Å². The van der Waals surface area contributed by atoms with Crippen molar-refractivity contribution in [1.82, 2.24) is 134 Å². The second-order valence-electron chi connectivity index (χ2n) is 26.5. The molecule has 0 bridgehead atoms. The number of H-pyrrole nitrogens is 9. The zero-order valence-corrected chi connectivity index (χ0v) is 76.3. The summed E-state index contributed by atoms with van der Waals surface area (Å²) in [5, 5.41) is 78.5. The average molecular weight is 1990 g/mol. The molecular formula is C80H98N40O17S3. The van der Waals surface area contributed by atoms with Gasteiger partial charge in [-0.2, -0.15) is 34.9 Å². The number of hydrogen-bond donors (Lipinski definition) is 28. The summed E-state index contributed by atoms with van der Waals surface area (Å²) in [6.45, 7) is 2.01. The maximum Gasteiger partial charge on any atom is 0.361 e. The van der Waals surface area contributed by atoms with E-state index in [1.807, 2.05) is 6.92 Å². The van der Waals surface area contributed by atoms with Crippen molar-refractivity contribution in [2.45, 2.75) is 169 Å². The number of tetrazole rings is 2. The summed E-state index contributed by atoms with van der Waals surface area (Å²) in [5.41, 5.74) is 66.1. The fraction of sp³-hybridized carbons (Fsp3) is 0.338. The van der Waals surface area contributed by atoms with Gasteiger partial charge in [-0.1, -0.05) is 15.5 Å². The van der Waals surface area contributed by atoms with Crippen molar-refractivity contribution in [1.29, 1.82) is 0 Å². The number of carbonyl (C=O) groups is 4. The lowest BCUT2D eigenvalue weighted by atomic mass is 9.99. The Hall–Kier alpha value is -17.6. The first-order chi connectivity index (χ1) is 66.7. The van der Waals surface area contributed by atoms with E-state index < -0.39 is 111 Å². The van der Waals surface area contributed by atoms with E-state index in [1.165, 1.54) is 18.8 Å². The van der Waals surface area contributed by atoms with Crippen LogP contribution in [0.4, 0.5) is 10.7 Å². The fourth-order valence-corrected chi connectivity index (χ4v) is 9.72. The largest absolute Gasteiger partial charge is 0.504 e. The molecule has 1 aromatic carbocycles. The number of carbonyl (C=O) groups excluding carboxylic acids is 4. The number of amides is 5. The lowest BCUT2D eigenvalue weighted by Crippen LogP contribution is -2.45. The molecule has 0 saturated carbocycles. The molecule has 57 nitrogen and oxygen atoms in total. The van der Waals surface area contributed by atoms with Crippen molar-refractivity contribution in [2.75, 3.05) is 5.32 Å². The first-order valence-corrected chi connectivity index (χ1v) is 40.9. The van der Waals surface area contributed by atoms with Crippen LogP contribution in [0.5, 0.6) is 11.5 Å². The van der Waals surface area contributed by atoms with Crippen LogP contribution in [0.1, 0.15) is 183 Å². The van der Waals surface area contributed by atoms with Gasteiger partial charge in [0.05, 0.1) is 77.8 Å². The summed E-state index contributed by atoms with van der Waals surface area (Å²) in [7, 11) is 0. The van der Waals surface area contributed by atoms with Gasteiger partial charge in [-0.15, -0.1) is 168 Å². The van der Waals surface area contributed by atoms with Crippen LogP contribution in [0.15, 0.2) is 71.4 Å². The number of imide groups is 1. The topological polar surface area (TPSA) is 967 Å². The molecule has 140 heavy (non-hydrogen) atoms. The highest BCUT2D eigenvalue weighted by Gasteiger charge is 2.34. The Morgan fingerprint density at radius 2 is 1.09 bits per heavy atom. The summed E-state index contributed by atoms with van der Waals surface area (Å²) in [6.07, 6.45) is 68.9. The van der Waals surface area contributed by atoms with E-state index in [0.29, 0.717) is 96.1 Å². The van der Waals surface area contributed by atoms with Gasteiger partial charge in [0.15, 0.2) is 41.1 Å². The number of anilines is 1. The SMILES string of the molecule is C#CCC(N)C(=O)NCc1nn[nH]n1.C#CCC(N)C(=O)Nc1nn[nH]n1.C#CCC(N)C1=NS(=O)ON1.C#CCC(N)C1NC(=O)NC1=O.C#CCC(N)c1c(O)c(=O)c1=O.C#CCC(N)c1c[nH]oc1=O.C#CCC(N)c1cocc(O)c1=O.C#CCC(N)c1n[nH]c(=O)[nH]1.C#CCC(N)c1n[nH]c(C)n1.C#CCC(N)c1nc(=S)[nH][nH]1.C#CCC(N)c1nc(=S)o[nH]1.C#CCC(N)c1ncno1. The number of amidine groups is 1. The molecule has 0 spiro atoms. The number of aromatic amines is 9. The number of aromatic nitrogens is 22. The van der Waals surface area contributed by atoms with Crippen molar-refractivity contribution < 1.29 is 55.9 Å². The lowest BCUT2D eigenvalue weighted by Gasteiger charge is -2.12. The first kappa shape index (κ1) is 120. The van der Waals surface area contributed by atoms with Crippen LogP contribution in [0.25, 0.3) is 0 Å². The van der Waals surface area contributed by atoms with E-state index in [2.05, 4.69) is 249 Å². The number of terminal acetylenes is 12. The van der Waals surface area contributed by atoms with E-state index in [1.54, 1.807) is 0 Å². The number of aromatic hydroxyl groups is 2. The molecule has 10 aromatic rings. The van der Waals surface area contributed by atoms with Crippen molar-refractivity contribution in [3.63, 3.8) is 0 Å². The zero-order valence-electron chi connectivity index (χ0n) is 73.9. The lowest BCUT2D eigenvalue weighted by molar-refractivity contribution is -0.122. The molecule has 1 saturated heterocycles. The normalized spacial score (nSPS) is 14.2. The zero-order chi connectivity index (χ0) is 105. The minimum absolute atomic E-state index is 0.0436. The second kappa shape index (κ2) is 67.6. The Morgan fingerprint density at radius 3 is 1.55 bits per heavy atom. The molecule has 12 rings (SSSR count). The summed E-state index contributed by atoms with van der Waals surface area (Å²) < 4.78 is 37.3. The summed E-state index contributed by atoms with van der Waals surface area (Å²) in [5.74, 6) is 30.2. The molecule has 738 valence electrons. The van der Waals surface area contributed by atoms with Gasteiger partial charge in [0, 0.05) is 107 Å². The van der Waals surface area contributed by atoms with Crippen LogP contribution < -0.4 is 123 Å². The number of nitrogens with zero attached hydrogens (tertiary/aromatic N) is 14. The van der Waals surface area contributed by atoms with Crippen LogP contribution >= 0.6 is 24.4 Å². The van der Waals surface area contributed by atoms with Gasteiger partial charge in [-0.3, -0.25) is 59.7 Å². The number of hydroxylamine groups is 1. The predicted molar refractivity (Wildman–Crippen MR) is 507 cm³/mol. The van der Waals surface area contributed by atoms with E-state index >= 15 is 0 Å². The standard InChI is InChI=1S/C9H9NO3.C8H7NO3.C7H10N6O.C7H10N4.C7H9N3O2.C7H8N2O2.C6H8N6O.C6H8N4O.C6H8N4S.C6H7N3OS.C6H7N3O.C5H7N3O2S/c1-2-3-7(10)6-4-13-5-8(11)9(6)12;1-2-3-4(9)5-6(10)8(12)7(5)11;1-2-3-5(8)7(14)9-4-6-10-12-13-11-6;1-3-4-6(8)7-9-5(2)10-11-7;1-2-3-4(8)5-6(11)10-7(12)9-5;1-2-3-6(8)5-4-9-11-7(5)10;1-2-3-4(7)5(13)8-6-9-11-12-10-6;3*1-2-3-4(7)5-8-6(11)10-9-5;1-2-3-5(7)6-8-4-9-10-6;1-2-3-4(6)5-7-10-11(9)8-5/h1,4-5,7,11H,3,10H2;1,4,10H,3,9H2;1,5H,3-4,8H2,(H,9,14)(H,10,11,12,13);1,6H,4,8H2,2H3,(H,9,10,11);1,4-5H,3,8H2,(H2,9,10,11,12);1,4,6,9H,3,8H2;1,4H,3,7H2,(H2,8,9,10,11,12,13);2*1,4H,3,7H2,(H2,8,9,10,11);1,4H,3,7H2,(H,8,9,11);1,4-5H,3,7H2;1,4H,3,6H2,(H,7,8). The average Bonchev–Trinajstić information content (AvgIpc) is 1.38. The molecule has 2 aliphatic rings. The first-order valence-electron chi connectivity index (χ1n) is 39.0. The predicted octanol–water partition coefficient (Wildman–Crippen LogP) is -5.98. The molecule has 60 heteroatoms. The molecule has 5 amide bonds. The quantitative estimate of drug-likeness (QED) is 0.00986. The van der Waals surface area contributed by atoms with E-state index in [0.717, 1.165) is 12.1 Å². The minimum Gasteiger partial charge on any atom is -0.504 e. The maximum atomic E-state index is 11.2. The third-order valence-corrected chi connectivity index (χ3v) is 16.8. The molecule has 14 atom stereocenters. The Bertz CT molecular complexity index is 6330. The number of hydrogen-bond acceptors (Lipinski definition) is 45. The van der Waals surface area contributed by atoms with E-state index in [9.17, 15) is 47.4 Å². The number of rotatable bonds is 27. The highest BCUT2D eigenvalue weighted by atomic mass is 32.2. The third-order valence-electron chi connectivity index (χ3n) is 15.9. The van der Waals surface area contributed by atoms with Gasteiger partial charge in [-0.25, -0.2) is 49.5 Å². The van der Waals surface area contributed by atoms with Gasteiger partial charge < -0.3 is 108 Å². The molecule has 0 aliphatic carbocycles. The van der Waals surface area contributed by atoms with Crippen molar-refractivity contribution in [3.8, 4) is 160 Å². The van der Waals surface area contributed by atoms with Crippen LogP contribution in [-0.4, -0.2) is 186 Å². The van der Waals surface area contributed by atoms with Gasteiger partial charge in [0.2, 0.25) is 33.3 Å². The fourth-order valence-electron chi connectivity index (χ4n) is 8.90. The van der Waals surface area contributed by atoms with E-state index in [-0.39, 0.29) is 102 Å². The monoisotopic (exact) mass is 1990 g/mol. The van der Waals surface area contributed by atoms with Crippen LogP contribution in [0.2, 0.25) is 0 Å². The highest BCUT2D eigenvalue weighted by molar-refractivity contribution is 7.79. The maximum absolute atomic E-state index is 11.2. The molecule has 2 aliphatic heterocycles. The second-order valence-corrected chi connectivity index (χ2v) is 28.1. The molecule has 0 radical (unpaired) electrons. The van der Waals surface area contributed by atoms with Crippen molar-refractivity contribution in [2.24, 2.45) is 73.2 Å². The van der Waals surface area contributed by atoms with Gasteiger partial charge in [0.25, 0.3) is 17.3 Å². The van der Waals surface area contributed by atoms with Crippen LogP contribution in [0, 0.1) is 165 Å². The van der Waals surface area contributed by atoms with Gasteiger partial charge in [0.1, 0.15) is 29.8 Å². The summed E-state index contributed by atoms with van der Waals surface area (Å²) in [4.78, 5) is 116. The smallest absolute Gasteiger partial charge is 0.361 e.